The summed E-state index contributed by atoms with van der Waals surface area (Å²) in [6.07, 6.45) is 3.94. The van der Waals surface area contributed by atoms with Crippen molar-refractivity contribution in [3.63, 3.8) is 0 Å². The second-order valence-electron chi connectivity index (χ2n) is 5.58. The van der Waals surface area contributed by atoms with Crippen molar-refractivity contribution in [3.05, 3.63) is 58.0 Å². The van der Waals surface area contributed by atoms with Crippen LogP contribution in [0.5, 0.6) is 5.75 Å². The van der Waals surface area contributed by atoms with Gasteiger partial charge in [0, 0.05) is 28.4 Å². The lowest BCUT2D eigenvalue weighted by atomic mass is 9.90. The van der Waals surface area contributed by atoms with Crippen LogP contribution < -0.4 is 4.74 Å². The molecule has 1 aliphatic heterocycles. The monoisotopic (exact) mass is 346 g/mol. The number of Topliss-reactive ketones (excluding diaryl/α,β-unsaturated/α-hetero) is 1. The Bertz CT molecular complexity index is 920. The van der Waals surface area contributed by atoms with E-state index in [-0.39, 0.29) is 11.7 Å². The molecule has 1 unspecified atom stereocenters. The van der Waals surface area contributed by atoms with Gasteiger partial charge in [0.1, 0.15) is 10.9 Å². The first-order valence-corrected chi connectivity index (χ1v) is 7.95. The van der Waals surface area contributed by atoms with Crippen molar-refractivity contribution in [1.82, 2.24) is 9.97 Å². The van der Waals surface area contributed by atoms with Gasteiger partial charge in [0.25, 0.3) is 0 Å². The molecule has 0 spiro atoms. The largest absolute Gasteiger partial charge is 0.493 e. The van der Waals surface area contributed by atoms with E-state index < -0.39 is 0 Å². The van der Waals surface area contributed by atoms with Gasteiger partial charge in [-0.25, -0.2) is 4.98 Å². The van der Waals surface area contributed by atoms with Crippen LogP contribution in [0.15, 0.2) is 36.7 Å². The van der Waals surface area contributed by atoms with Crippen LogP contribution in [0.1, 0.15) is 15.9 Å². The topological polar surface area (TPSA) is 55.0 Å². The predicted molar refractivity (Wildman–Crippen MR) is 89.6 cm³/mol. The van der Waals surface area contributed by atoms with Crippen LogP contribution >= 0.6 is 23.2 Å². The van der Waals surface area contributed by atoms with Gasteiger partial charge in [-0.2, -0.15) is 0 Å². The van der Waals surface area contributed by atoms with Gasteiger partial charge in [-0.05, 0) is 36.2 Å². The summed E-state index contributed by atoms with van der Waals surface area (Å²) < 4.78 is 5.72. The highest BCUT2D eigenvalue weighted by Gasteiger charge is 2.28. The average molecular weight is 347 g/mol. The van der Waals surface area contributed by atoms with Crippen molar-refractivity contribution >= 4 is 39.9 Å². The number of aromatic nitrogens is 2. The Morgan fingerprint density at radius 1 is 1.30 bits per heavy atom. The first-order valence-electron chi connectivity index (χ1n) is 7.20. The predicted octanol–water partition coefficient (Wildman–Crippen LogP) is 4.30. The molecule has 1 N–H and O–H groups in total. The van der Waals surface area contributed by atoms with Crippen LogP contribution in [0.25, 0.3) is 10.9 Å². The Morgan fingerprint density at radius 2 is 2.17 bits per heavy atom. The minimum atomic E-state index is -0.240. The van der Waals surface area contributed by atoms with E-state index >= 15 is 0 Å². The molecular formula is C17H12Cl2N2O2. The van der Waals surface area contributed by atoms with Gasteiger partial charge >= 0.3 is 0 Å². The normalized spacial score (nSPS) is 16.9. The fourth-order valence-electron chi connectivity index (χ4n) is 2.95. The number of ether oxygens (including phenoxy) is 1. The number of pyridine rings is 1. The van der Waals surface area contributed by atoms with Crippen LogP contribution in [0, 0.1) is 5.92 Å². The van der Waals surface area contributed by atoms with E-state index in [2.05, 4.69) is 9.97 Å². The van der Waals surface area contributed by atoms with Crippen molar-refractivity contribution in [2.24, 2.45) is 5.92 Å². The summed E-state index contributed by atoms with van der Waals surface area (Å²) in [4.78, 5) is 20.0. The van der Waals surface area contributed by atoms with Gasteiger partial charge < -0.3 is 9.72 Å². The van der Waals surface area contributed by atoms with E-state index in [4.69, 9.17) is 27.9 Å². The third kappa shape index (κ3) is 2.58. The van der Waals surface area contributed by atoms with Crippen LogP contribution in [-0.2, 0) is 6.42 Å². The molecule has 2 aromatic heterocycles. The highest BCUT2D eigenvalue weighted by Crippen LogP contribution is 2.32. The van der Waals surface area contributed by atoms with E-state index in [9.17, 15) is 4.79 Å². The Hall–Kier alpha value is -2.04. The van der Waals surface area contributed by atoms with Gasteiger partial charge in [0.15, 0.2) is 5.78 Å². The van der Waals surface area contributed by atoms with Gasteiger partial charge in [0.2, 0.25) is 0 Å². The Labute approximate surface area is 142 Å². The SMILES string of the molecule is O=C(c1c[nH]c2cc(Cl)ncc12)C1COc2ccc(Cl)cc2C1. The maximum absolute atomic E-state index is 12.9. The number of fused-ring (bicyclic) bond motifs is 2. The molecule has 0 aliphatic carbocycles. The number of halogens is 2. The molecule has 1 aliphatic rings. The highest BCUT2D eigenvalue weighted by molar-refractivity contribution is 6.30. The Morgan fingerprint density at radius 3 is 3.04 bits per heavy atom. The van der Waals surface area contributed by atoms with Gasteiger partial charge in [-0.1, -0.05) is 23.2 Å². The molecule has 4 nitrogen and oxygen atoms in total. The second-order valence-corrected chi connectivity index (χ2v) is 6.41. The molecule has 23 heavy (non-hydrogen) atoms. The summed E-state index contributed by atoms with van der Waals surface area (Å²) in [6, 6.07) is 7.20. The van der Waals surface area contributed by atoms with Crippen molar-refractivity contribution in [3.8, 4) is 5.75 Å². The van der Waals surface area contributed by atoms with Crippen LogP contribution in [-0.4, -0.2) is 22.4 Å². The third-order valence-corrected chi connectivity index (χ3v) is 4.54. The molecule has 0 saturated carbocycles. The molecule has 1 aromatic carbocycles. The molecule has 6 heteroatoms. The van der Waals surface area contributed by atoms with Gasteiger partial charge in [-0.15, -0.1) is 0 Å². The van der Waals surface area contributed by atoms with Crippen LogP contribution in [0.2, 0.25) is 10.2 Å². The van der Waals surface area contributed by atoms with Crippen LogP contribution in [0.4, 0.5) is 0 Å². The zero-order valence-corrected chi connectivity index (χ0v) is 13.5. The number of aromatic amines is 1. The molecule has 1 atom stereocenters. The molecule has 0 saturated heterocycles. The minimum Gasteiger partial charge on any atom is -0.493 e. The standard InChI is InChI=1S/C17H12Cl2N2O2/c18-11-1-2-15-9(4-11)3-10(8-23-15)17(22)13-7-20-14-5-16(19)21-6-12(13)14/h1-2,4-7,10,20H,3,8H2. The minimum absolute atomic E-state index is 0.0333. The lowest BCUT2D eigenvalue weighted by molar-refractivity contribution is 0.0857. The quantitative estimate of drug-likeness (QED) is 0.555. The number of nitrogens with one attached hydrogen (secondary N) is 1. The van der Waals surface area contributed by atoms with Crippen LogP contribution in [0.3, 0.4) is 0 Å². The fourth-order valence-corrected chi connectivity index (χ4v) is 3.30. The van der Waals surface area contributed by atoms with E-state index in [0.717, 1.165) is 22.2 Å². The smallest absolute Gasteiger partial charge is 0.171 e. The van der Waals surface area contributed by atoms with E-state index in [1.165, 1.54) is 0 Å². The third-order valence-electron chi connectivity index (χ3n) is 4.10. The molecule has 116 valence electrons. The molecule has 4 rings (SSSR count). The zero-order valence-electron chi connectivity index (χ0n) is 12.0. The second kappa shape index (κ2) is 5.55. The van der Waals surface area contributed by atoms with Gasteiger partial charge in [0.05, 0.1) is 18.0 Å². The molecule has 3 aromatic rings. The maximum atomic E-state index is 12.9. The van der Waals surface area contributed by atoms with Gasteiger partial charge in [-0.3, -0.25) is 4.79 Å². The summed E-state index contributed by atoms with van der Waals surface area (Å²) in [6.45, 7) is 0.362. The number of carbonyl (C=O) groups excluding carboxylic acids is 1. The lowest BCUT2D eigenvalue weighted by Gasteiger charge is -2.24. The number of hydrogen-bond acceptors (Lipinski definition) is 3. The summed E-state index contributed by atoms with van der Waals surface area (Å²) in [5, 5.41) is 1.81. The number of H-pyrrole nitrogens is 1. The highest BCUT2D eigenvalue weighted by atomic mass is 35.5. The summed E-state index contributed by atoms with van der Waals surface area (Å²) in [7, 11) is 0. The summed E-state index contributed by atoms with van der Waals surface area (Å²) in [5.41, 5.74) is 2.37. The number of rotatable bonds is 2. The average Bonchev–Trinajstić information content (AvgIpc) is 2.96. The van der Waals surface area contributed by atoms with Crippen molar-refractivity contribution in [2.45, 2.75) is 6.42 Å². The first-order chi connectivity index (χ1) is 11.1. The molecule has 0 fully saturated rings. The lowest BCUT2D eigenvalue weighted by Crippen LogP contribution is -2.28. The number of benzene rings is 1. The number of nitrogens with zero attached hydrogens (tertiary/aromatic N) is 1. The number of carbonyl (C=O) groups is 1. The molecule has 3 heterocycles. The number of ketones is 1. The first kappa shape index (κ1) is 14.5. The van der Waals surface area contributed by atoms with Crippen molar-refractivity contribution in [2.75, 3.05) is 6.61 Å². The zero-order chi connectivity index (χ0) is 16.0. The van der Waals surface area contributed by atoms with E-state index in [1.54, 1.807) is 24.5 Å². The molecular weight excluding hydrogens is 335 g/mol. The Balaban J connectivity index is 1.66. The summed E-state index contributed by atoms with van der Waals surface area (Å²) in [5.74, 6) is 0.590. The molecule has 0 amide bonds. The maximum Gasteiger partial charge on any atom is 0.171 e. The van der Waals surface area contributed by atoms with E-state index in [1.807, 2.05) is 12.1 Å². The van der Waals surface area contributed by atoms with Crippen molar-refractivity contribution in [1.29, 1.82) is 0 Å². The Kier molecular flexibility index (Phi) is 3.51. The fraction of sp³-hybridized carbons (Fsp3) is 0.176. The molecule has 0 bridgehead atoms. The molecule has 0 radical (unpaired) electrons. The number of hydrogen-bond donors (Lipinski definition) is 1. The van der Waals surface area contributed by atoms with E-state index in [0.29, 0.717) is 28.8 Å². The summed E-state index contributed by atoms with van der Waals surface area (Å²) >= 11 is 11.9. The van der Waals surface area contributed by atoms with Crippen molar-refractivity contribution < 1.29 is 9.53 Å².